The van der Waals surface area contributed by atoms with Crippen LogP contribution >= 0.6 is 11.6 Å². The monoisotopic (exact) mass is 267 g/mol. The average Bonchev–Trinajstić information content (AvgIpc) is 2.58. The molecule has 0 atom stereocenters. The molecule has 0 saturated heterocycles. The minimum Gasteiger partial charge on any atom is -0.330 e. The fraction of sp³-hybridized carbons (Fsp3) is 0.308. The highest BCUT2D eigenvalue weighted by Crippen LogP contribution is 2.26. The SMILES string of the molecule is Cc1nn(-c2c(F)cccc2Cl)c(C)c1CCN. The van der Waals surface area contributed by atoms with E-state index in [-0.39, 0.29) is 5.82 Å². The molecule has 0 saturated carbocycles. The predicted octanol–water partition coefficient (Wildman–Crippen LogP) is 2.78. The van der Waals surface area contributed by atoms with Crippen molar-refractivity contribution in [2.45, 2.75) is 20.3 Å². The third-order valence-electron chi connectivity index (χ3n) is 2.98. The molecule has 18 heavy (non-hydrogen) atoms. The zero-order chi connectivity index (χ0) is 13.3. The van der Waals surface area contributed by atoms with Crippen molar-refractivity contribution in [1.29, 1.82) is 0 Å². The molecule has 3 nitrogen and oxygen atoms in total. The number of hydrogen-bond acceptors (Lipinski definition) is 2. The summed E-state index contributed by atoms with van der Waals surface area (Å²) in [5.74, 6) is -0.382. The Kier molecular flexibility index (Phi) is 3.68. The number of aromatic nitrogens is 2. The van der Waals surface area contributed by atoms with Crippen molar-refractivity contribution in [2.75, 3.05) is 6.54 Å². The summed E-state index contributed by atoms with van der Waals surface area (Å²) >= 11 is 6.05. The Hall–Kier alpha value is -1.39. The van der Waals surface area contributed by atoms with Crippen LogP contribution in [0.2, 0.25) is 5.02 Å². The zero-order valence-electron chi connectivity index (χ0n) is 10.4. The van der Waals surface area contributed by atoms with Gasteiger partial charge in [-0.2, -0.15) is 5.10 Å². The summed E-state index contributed by atoms with van der Waals surface area (Å²) in [4.78, 5) is 0. The molecule has 0 amide bonds. The molecule has 0 radical (unpaired) electrons. The molecule has 0 fully saturated rings. The first-order valence-corrected chi connectivity index (χ1v) is 6.13. The van der Waals surface area contributed by atoms with E-state index >= 15 is 0 Å². The van der Waals surface area contributed by atoms with Crippen molar-refractivity contribution < 1.29 is 4.39 Å². The number of hydrogen-bond donors (Lipinski definition) is 1. The van der Waals surface area contributed by atoms with Crippen LogP contribution in [0.4, 0.5) is 4.39 Å². The van der Waals surface area contributed by atoms with Crippen LogP contribution in [0.5, 0.6) is 0 Å². The van der Waals surface area contributed by atoms with E-state index in [1.165, 1.54) is 6.07 Å². The highest BCUT2D eigenvalue weighted by atomic mass is 35.5. The second-order valence-corrected chi connectivity index (χ2v) is 4.58. The van der Waals surface area contributed by atoms with Gasteiger partial charge in [0.2, 0.25) is 0 Å². The Bertz CT molecular complexity index is 558. The lowest BCUT2D eigenvalue weighted by molar-refractivity contribution is 0.608. The first-order valence-electron chi connectivity index (χ1n) is 5.75. The molecule has 1 heterocycles. The van der Waals surface area contributed by atoms with Gasteiger partial charge in [0, 0.05) is 5.69 Å². The van der Waals surface area contributed by atoms with Gasteiger partial charge >= 0.3 is 0 Å². The van der Waals surface area contributed by atoms with Gasteiger partial charge in [0.05, 0.1) is 10.7 Å². The quantitative estimate of drug-likeness (QED) is 0.929. The van der Waals surface area contributed by atoms with Crippen LogP contribution in [0, 0.1) is 19.7 Å². The molecule has 96 valence electrons. The first-order chi connectivity index (χ1) is 8.56. The molecule has 2 rings (SSSR count). The maximum Gasteiger partial charge on any atom is 0.150 e. The van der Waals surface area contributed by atoms with E-state index in [1.807, 2.05) is 13.8 Å². The van der Waals surface area contributed by atoms with Crippen LogP contribution in [-0.2, 0) is 6.42 Å². The summed E-state index contributed by atoms with van der Waals surface area (Å²) in [6.07, 6.45) is 0.726. The molecule has 0 aliphatic heterocycles. The van der Waals surface area contributed by atoms with Gasteiger partial charge in [-0.15, -0.1) is 0 Å². The first kappa shape index (κ1) is 13.1. The molecule has 0 aliphatic carbocycles. The standard InChI is InChI=1S/C13H15ClFN3/c1-8-10(6-7-16)9(2)18(17-8)13-11(14)4-3-5-12(13)15/h3-5H,6-7,16H2,1-2H3. The lowest BCUT2D eigenvalue weighted by atomic mass is 10.1. The van der Waals surface area contributed by atoms with Gasteiger partial charge in [-0.1, -0.05) is 17.7 Å². The Labute approximate surface area is 110 Å². The number of nitrogens with zero attached hydrogens (tertiary/aromatic N) is 2. The summed E-state index contributed by atoms with van der Waals surface area (Å²) in [6.45, 7) is 4.33. The second-order valence-electron chi connectivity index (χ2n) is 4.17. The topological polar surface area (TPSA) is 43.8 Å². The van der Waals surface area contributed by atoms with Gasteiger partial charge in [-0.3, -0.25) is 0 Å². The lowest BCUT2D eigenvalue weighted by Gasteiger charge is -2.08. The van der Waals surface area contributed by atoms with Crippen LogP contribution in [0.3, 0.4) is 0 Å². The minimum absolute atomic E-state index is 0.294. The predicted molar refractivity (Wildman–Crippen MR) is 70.8 cm³/mol. The molecular weight excluding hydrogens is 253 g/mol. The molecule has 2 N–H and O–H groups in total. The van der Waals surface area contributed by atoms with Crippen molar-refractivity contribution >= 4 is 11.6 Å². The lowest BCUT2D eigenvalue weighted by Crippen LogP contribution is -2.06. The van der Waals surface area contributed by atoms with E-state index in [9.17, 15) is 4.39 Å². The zero-order valence-corrected chi connectivity index (χ0v) is 11.1. The molecule has 2 aromatic rings. The van der Waals surface area contributed by atoms with Crippen molar-refractivity contribution in [3.8, 4) is 5.69 Å². The van der Waals surface area contributed by atoms with Crippen molar-refractivity contribution in [3.63, 3.8) is 0 Å². The van der Waals surface area contributed by atoms with Crippen molar-refractivity contribution in [1.82, 2.24) is 9.78 Å². The second kappa shape index (κ2) is 5.08. The Morgan fingerprint density at radius 3 is 2.72 bits per heavy atom. The van der Waals surface area contributed by atoms with E-state index in [4.69, 9.17) is 17.3 Å². The van der Waals surface area contributed by atoms with E-state index in [0.717, 1.165) is 23.4 Å². The van der Waals surface area contributed by atoms with Crippen molar-refractivity contribution in [2.24, 2.45) is 5.73 Å². The van der Waals surface area contributed by atoms with Gasteiger partial charge in [-0.05, 0) is 44.5 Å². The van der Waals surface area contributed by atoms with Crippen LogP contribution < -0.4 is 5.73 Å². The van der Waals surface area contributed by atoms with Gasteiger partial charge < -0.3 is 5.73 Å². The number of nitrogens with two attached hydrogens (primary N) is 1. The van der Waals surface area contributed by atoms with Crippen molar-refractivity contribution in [3.05, 3.63) is 46.0 Å². The van der Waals surface area contributed by atoms with Gasteiger partial charge in [0.1, 0.15) is 11.5 Å². The highest BCUT2D eigenvalue weighted by molar-refractivity contribution is 6.32. The molecule has 1 aromatic carbocycles. The average molecular weight is 268 g/mol. The van der Waals surface area contributed by atoms with Crippen LogP contribution in [-0.4, -0.2) is 16.3 Å². The number of aryl methyl sites for hydroxylation is 1. The molecule has 5 heteroatoms. The van der Waals surface area contributed by atoms with E-state index in [1.54, 1.807) is 16.8 Å². The third-order valence-corrected chi connectivity index (χ3v) is 3.29. The third kappa shape index (κ3) is 2.13. The summed E-state index contributed by atoms with van der Waals surface area (Å²) in [5.41, 5.74) is 8.65. The maximum absolute atomic E-state index is 13.9. The normalized spacial score (nSPS) is 10.9. The molecule has 0 bridgehead atoms. The largest absolute Gasteiger partial charge is 0.330 e. The number of halogens is 2. The smallest absolute Gasteiger partial charge is 0.150 e. The summed E-state index contributed by atoms with van der Waals surface area (Å²) in [5, 5.41) is 4.70. The maximum atomic E-state index is 13.9. The van der Waals surface area contributed by atoms with E-state index in [2.05, 4.69) is 5.10 Å². The molecule has 0 spiro atoms. The van der Waals surface area contributed by atoms with Crippen LogP contribution in [0.25, 0.3) is 5.69 Å². The fourth-order valence-corrected chi connectivity index (χ4v) is 2.33. The summed E-state index contributed by atoms with van der Waals surface area (Å²) in [6, 6.07) is 4.60. The number of benzene rings is 1. The number of rotatable bonds is 3. The summed E-state index contributed by atoms with van der Waals surface area (Å²) < 4.78 is 15.4. The van der Waals surface area contributed by atoms with Crippen LogP contribution in [0.15, 0.2) is 18.2 Å². The summed E-state index contributed by atoms with van der Waals surface area (Å²) in [7, 11) is 0. The number of para-hydroxylation sites is 1. The van der Waals surface area contributed by atoms with Gasteiger partial charge in [-0.25, -0.2) is 9.07 Å². The molecule has 1 aromatic heterocycles. The Balaban J connectivity index is 2.62. The minimum atomic E-state index is -0.382. The Morgan fingerprint density at radius 1 is 1.39 bits per heavy atom. The van der Waals surface area contributed by atoms with E-state index < -0.39 is 0 Å². The highest BCUT2D eigenvalue weighted by Gasteiger charge is 2.16. The fourth-order valence-electron chi connectivity index (χ4n) is 2.09. The molecular formula is C13H15ClFN3. The van der Waals surface area contributed by atoms with E-state index in [0.29, 0.717) is 17.3 Å². The van der Waals surface area contributed by atoms with Gasteiger partial charge in [0.15, 0.2) is 0 Å². The van der Waals surface area contributed by atoms with Gasteiger partial charge in [0.25, 0.3) is 0 Å². The van der Waals surface area contributed by atoms with Crippen LogP contribution in [0.1, 0.15) is 17.0 Å². The molecule has 0 unspecified atom stereocenters. The molecule has 0 aliphatic rings. The Morgan fingerprint density at radius 2 is 2.11 bits per heavy atom.